The largest absolute Gasteiger partial charge is 0.492 e. The van der Waals surface area contributed by atoms with E-state index in [0.717, 1.165) is 37.2 Å². The van der Waals surface area contributed by atoms with Crippen LogP contribution in [0.25, 0.3) is 0 Å². The van der Waals surface area contributed by atoms with Gasteiger partial charge in [-0.3, -0.25) is 9.59 Å². The molecule has 0 saturated carbocycles. The average Bonchev–Trinajstić information content (AvgIpc) is 3.18. The van der Waals surface area contributed by atoms with Gasteiger partial charge in [0.25, 0.3) is 0 Å². The maximum atomic E-state index is 13.0. The molecule has 0 amide bonds. The topological polar surface area (TPSA) is 52.6 Å². The van der Waals surface area contributed by atoms with Crippen LogP contribution in [0.2, 0.25) is 0 Å². The quantitative estimate of drug-likeness (QED) is 0.678. The van der Waals surface area contributed by atoms with Crippen molar-refractivity contribution < 1.29 is 19.1 Å². The van der Waals surface area contributed by atoms with Crippen molar-refractivity contribution in [1.82, 2.24) is 0 Å². The van der Waals surface area contributed by atoms with Crippen molar-refractivity contribution in [3.8, 4) is 5.75 Å². The van der Waals surface area contributed by atoms with E-state index in [0.29, 0.717) is 42.2 Å². The van der Waals surface area contributed by atoms with Gasteiger partial charge in [0.15, 0.2) is 11.6 Å². The van der Waals surface area contributed by atoms with E-state index in [9.17, 15) is 9.59 Å². The maximum Gasteiger partial charge on any atom is 0.166 e. The third kappa shape index (κ3) is 3.74. The minimum absolute atomic E-state index is 0.0191. The molecule has 0 radical (unpaired) electrons. The Balaban J connectivity index is 1.69. The van der Waals surface area contributed by atoms with Crippen molar-refractivity contribution in [3.63, 3.8) is 0 Å². The van der Waals surface area contributed by atoms with Crippen LogP contribution in [-0.4, -0.2) is 31.4 Å². The van der Waals surface area contributed by atoms with Crippen LogP contribution < -0.4 is 4.74 Å². The Morgan fingerprint density at radius 3 is 2.50 bits per heavy atom. The minimum Gasteiger partial charge on any atom is -0.492 e. The van der Waals surface area contributed by atoms with Gasteiger partial charge in [-0.1, -0.05) is 37.3 Å². The highest BCUT2D eigenvalue weighted by atomic mass is 16.5. The molecule has 2 aromatic carbocycles. The maximum absolute atomic E-state index is 13.0. The van der Waals surface area contributed by atoms with Crippen LogP contribution in [0.5, 0.6) is 5.75 Å². The number of hydrogen-bond acceptors (Lipinski definition) is 4. The summed E-state index contributed by atoms with van der Waals surface area (Å²) in [5.74, 6) is 1.20. The molecule has 1 unspecified atom stereocenters. The Labute approximate surface area is 165 Å². The molecule has 2 aromatic rings. The molecule has 1 fully saturated rings. The smallest absolute Gasteiger partial charge is 0.166 e. The number of Topliss-reactive ketones (excluding diaryl/α,β-unsaturated/α-hetero) is 2. The summed E-state index contributed by atoms with van der Waals surface area (Å²) < 4.78 is 11.4. The molecular formula is C24H26O4. The van der Waals surface area contributed by atoms with E-state index >= 15 is 0 Å². The van der Waals surface area contributed by atoms with Gasteiger partial charge < -0.3 is 9.47 Å². The van der Waals surface area contributed by atoms with Gasteiger partial charge in [0.1, 0.15) is 5.75 Å². The number of ether oxygens (including phenoxy) is 2. The number of fused-ring (bicyclic) bond motifs is 1. The molecule has 0 aromatic heterocycles. The molecule has 146 valence electrons. The molecule has 4 heteroatoms. The van der Waals surface area contributed by atoms with Crippen LogP contribution in [0.1, 0.15) is 70.4 Å². The lowest BCUT2D eigenvalue weighted by Crippen LogP contribution is -2.19. The van der Waals surface area contributed by atoms with E-state index in [1.165, 1.54) is 0 Å². The van der Waals surface area contributed by atoms with Crippen LogP contribution >= 0.6 is 0 Å². The normalized spacial score (nSPS) is 19.1. The Kier molecular flexibility index (Phi) is 5.58. The number of carbonyl (C=O) groups is 2. The number of carbonyl (C=O) groups excluding carboxylic acids is 2. The number of benzene rings is 2. The van der Waals surface area contributed by atoms with Crippen LogP contribution in [0.4, 0.5) is 0 Å². The first-order valence-corrected chi connectivity index (χ1v) is 10.2. The zero-order chi connectivity index (χ0) is 19.5. The van der Waals surface area contributed by atoms with Gasteiger partial charge in [-0.05, 0) is 36.5 Å². The molecule has 0 bridgehead atoms. The van der Waals surface area contributed by atoms with Crippen molar-refractivity contribution >= 4 is 11.6 Å². The van der Waals surface area contributed by atoms with E-state index < -0.39 is 0 Å². The molecule has 4 nitrogen and oxygen atoms in total. The first-order valence-electron chi connectivity index (χ1n) is 10.2. The van der Waals surface area contributed by atoms with Crippen molar-refractivity contribution in [2.45, 2.75) is 38.5 Å². The molecule has 0 N–H and O–H groups in total. The molecule has 0 aliphatic carbocycles. The van der Waals surface area contributed by atoms with Gasteiger partial charge in [0.05, 0.1) is 12.2 Å². The SMILES string of the molecule is CCC(=O)c1cc(C(=O)CC2CCOCC2)cc2c1OCC2c1ccccc1. The minimum atomic E-state index is 0.0191. The fourth-order valence-corrected chi connectivity index (χ4v) is 4.18. The average molecular weight is 378 g/mol. The van der Waals surface area contributed by atoms with E-state index in [1.54, 1.807) is 6.07 Å². The Morgan fingerprint density at radius 1 is 1.04 bits per heavy atom. The van der Waals surface area contributed by atoms with Crippen molar-refractivity contribution in [3.05, 3.63) is 64.7 Å². The molecule has 4 rings (SSSR count). The zero-order valence-electron chi connectivity index (χ0n) is 16.3. The third-order valence-corrected chi connectivity index (χ3v) is 5.85. The van der Waals surface area contributed by atoms with Crippen LogP contribution in [0, 0.1) is 5.92 Å². The Morgan fingerprint density at radius 2 is 1.79 bits per heavy atom. The van der Waals surface area contributed by atoms with Crippen molar-refractivity contribution in [1.29, 1.82) is 0 Å². The molecule has 1 atom stereocenters. The van der Waals surface area contributed by atoms with Crippen molar-refractivity contribution in [2.75, 3.05) is 19.8 Å². The highest BCUT2D eigenvalue weighted by Gasteiger charge is 2.31. The van der Waals surface area contributed by atoms with Crippen LogP contribution in [-0.2, 0) is 4.74 Å². The zero-order valence-corrected chi connectivity index (χ0v) is 16.3. The summed E-state index contributed by atoms with van der Waals surface area (Å²) in [7, 11) is 0. The van der Waals surface area contributed by atoms with E-state index in [2.05, 4.69) is 12.1 Å². The van der Waals surface area contributed by atoms with Crippen LogP contribution in [0.15, 0.2) is 42.5 Å². The summed E-state index contributed by atoms with van der Waals surface area (Å²) >= 11 is 0. The summed E-state index contributed by atoms with van der Waals surface area (Å²) in [6.45, 7) is 3.80. The van der Waals surface area contributed by atoms with Gasteiger partial charge in [0, 0.05) is 43.1 Å². The molecular weight excluding hydrogens is 352 g/mol. The predicted molar refractivity (Wildman–Crippen MR) is 107 cm³/mol. The first kappa shape index (κ1) is 18.9. The van der Waals surface area contributed by atoms with Crippen LogP contribution in [0.3, 0.4) is 0 Å². The second-order valence-corrected chi connectivity index (χ2v) is 7.68. The van der Waals surface area contributed by atoms with E-state index in [4.69, 9.17) is 9.47 Å². The lowest BCUT2D eigenvalue weighted by molar-refractivity contribution is 0.0601. The van der Waals surface area contributed by atoms with E-state index in [-0.39, 0.29) is 17.5 Å². The summed E-state index contributed by atoms with van der Waals surface area (Å²) in [6, 6.07) is 13.8. The first-order chi connectivity index (χ1) is 13.7. The Bertz CT molecular complexity index is 866. The second-order valence-electron chi connectivity index (χ2n) is 7.68. The van der Waals surface area contributed by atoms with Gasteiger partial charge in [-0.25, -0.2) is 0 Å². The summed E-state index contributed by atoms with van der Waals surface area (Å²) in [5.41, 5.74) is 3.29. The van der Waals surface area contributed by atoms with Gasteiger partial charge in [-0.15, -0.1) is 0 Å². The highest BCUT2D eigenvalue weighted by molar-refractivity contribution is 6.04. The second kappa shape index (κ2) is 8.27. The molecule has 28 heavy (non-hydrogen) atoms. The lowest BCUT2D eigenvalue weighted by Gasteiger charge is -2.21. The number of rotatable bonds is 6. The molecule has 2 aliphatic rings. The van der Waals surface area contributed by atoms with E-state index in [1.807, 2.05) is 31.2 Å². The number of hydrogen-bond donors (Lipinski definition) is 0. The lowest BCUT2D eigenvalue weighted by atomic mass is 9.86. The van der Waals surface area contributed by atoms with Gasteiger partial charge >= 0.3 is 0 Å². The fourth-order valence-electron chi connectivity index (χ4n) is 4.18. The molecule has 0 spiro atoms. The van der Waals surface area contributed by atoms with Gasteiger partial charge in [0.2, 0.25) is 0 Å². The summed E-state index contributed by atoms with van der Waals surface area (Å²) in [6.07, 6.45) is 2.75. The summed E-state index contributed by atoms with van der Waals surface area (Å²) in [4.78, 5) is 25.6. The molecule has 2 aliphatic heterocycles. The highest BCUT2D eigenvalue weighted by Crippen LogP contribution is 2.42. The molecule has 2 heterocycles. The van der Waals surface area contributed by atoms with Crippen molar-refractivity contribution in [2.24, 2.45) is 5.92 Å². The monoisotopic (exact) mass is 378 g/mol. The molecule has 1 saturated heterocycles. The predicted octanol–water partition coefficient (Wildman–Crippen LogP) is 4.80. The standard InChI is InChI=1S/C24H26O4/c1-2-22(25)20-14-18(23(26)12-16-8-10-27-11-9-16)13-19-21(15-28-24(19)20)17-6-4-3-5-7-17/h3-7,13-14,16,21H,2,8-12,15H2,1H3. The number of ketones is 2. The summed E-state index contributed by atoms with van der Waals surface area (Å²) in [5, 5.41) is 0. The fraction of sp³-hybridized carbons (Fsp3) is 0.417. The Hall–Kier alpha value is -2.46. The third-order valence-electron chi connectivity index (χ3n) is 5.85. The van der Waals surface area contributed by atoms with Gasteiger partial charge in [-0.2, -0.15) is 0 Å².